The molecule has 1 aromatic heterocycles. The predicted octanol–water partition coefficient (Wildman–Crippen LogP) is 1.27. The van der Waals surface area contributed by atoms with Gasteiger partial charge in [0.15, 0.2) is 6.10 Å². The summed E-state index contributed by atoms with van der Waals surface area (Å²) in [6.45, 7) is 1.23. The largest absolute Gasteiger partial charge is 0.478 e. The summed E-state index contributed by atoms with van der Waals surface area (Å²) in [5.74, 6) is -0.673. The maximum atomic E-state index is 11.2. The van der Waals surface area contributed by atoms with Gasteiger partial charge >= 0.3 is 5.97 Å². The molecule has 1 saturated heterocycles. The van der Waals surface area contributed by atoms with E-state index in [1.54, 1.807) is 11.1 Å². The molecule has 1 atom stereocenters. The maximum absolute atomic E-state index is 11.2. The van der Waals surface area contributed by atoms with Crippen molar-refractivity contribution >= 4 is 27.7 Å². The van der Waals surface area contributed by atoms with Gasteiger partial charge in [-0.3, -0.25) is 0 Å². The number of hydrogen-bond acceptors (Lipinski definition) is 5. The monoisotopic (exact) mass is 311 g/mol. The number of ether oxygens (including phenoxy) is 1. The lowest BCUT2D eigenvalue weighted by Gasteiger charge is -2.31. The summed E-state index contributed by atoms with van der Waals surface area (Å²) >= 11 is 3.19. The van der Waals surface area contributed by atoms with Gasteiger partial charge in [0.05, 0.1) is 19.2 Å². The predicted molar refractivity (Wildman–Crippen MR) is 66.5 cm³/mol. The van der Waals surface area contributed by atoms with Crippen molar-refractivity contribution in [3.63, 3.8) is 0 Å². The highest BCUT2D eigenvalue weighted by molar-refractivity contribution is 9.10. The quantitative estimate of drug-likeness (QED) is 0.885. The smallest absolute Gasteiger partial charge is 0.339 e. The molecule has 0 aromatic carbocycles. The van der Waals surface area contributed by atoms with Crippen LogP contribution in [0.2, 0.25) is 0 Å². The molecule has 2 heterocycles. The van der Waals surface area contributed by atoms with Gasteiger partial charge in [-0.05, 0) is 22.0 Å². The number of nitriles is 1. The van der Waals surface area contributed by atoms with Crippen molar-refractivity contribution in [3.05, 3.63) is 22.3 Å². The average Bonchev–Trinajstić information content (AvgIpc) is 2.38. The first-order chi connectivity index (χ1) is 8.61. The number of anilines is 1. The summed E-state index contributed by atoms with van der Waals surface area (Å²) in [6, 6.07) is 3.52. The highest BCUT2D eigenvalue weighted by Crippen LogP contribution is 2.23. The minimum Gasteiger partial charge on any atom is -0.478 e. The zero-order valence-corrected chi connectivity index (χ0v) is 10.9. The summed E-state index contributed by atoms with van der Waals surface area (Å²) in [6.07, 6.45) is 0.990. The first kappa shape index (κ1) is 12.8. The molecular formula is C11H10BrN3O3. The van der Waals surface area contributed by atoms with Crippen LogP contribution in [-0.2, 0) is 4.74 Å². The molecule has 1 unspecified atom stereocenters. The van der Waals surface area contributed by atoms with E-state index in [-0.39, 0.29) is 5.56 Å². The third-order valence-corrected chi connectivity index (χ3v) is 3.01. The van der Waals surface area contributed by atoms with E-state index in [1.807, 2.05) is 6.07 Å². The first-order valence-electron chi connectivity index (χ1n) is 5.27. The van der Waals surface area contributed by atoms with Gasteiger partial charge in [0.2, 0.25) is 0 Å². The molecule has 1 N–H and O–H groups in total. The number of carboxylic acid groups (broad SMARTS) is 1. The number of aromatic nitrogens is 1. The van der Waals surface area contributed by atoms with Gasteiger partial charge in [-0.2, -0.15) is 5.26 Å². The Balaban J connectivity index is 2.33. The van der Waals surface area contributed by atoms with Crippen molar-refractivity contribution in [1.29, 1.82) is 5.26 Å². The molecule has 2 rings (SSSR count). The zero-order chi connectivity index (χ0) is 13.1. The Morgan fingerprint density at radius 1 is 1.72 bits per heavy atom. The van der Waals surface area contributed by atoms with E-state index in [9.17, 15) is 4.79 Å². The van der Waals surface area contributed by atoms with Gasteiger partial charge in [-0.1, -0.05) is 0 Å². The molecule has 0 aliphatic carbocycles. The van der Waals surface area contributed by atoms with Gasteiger partial charge in [0.1, 0.15) is 11.4 Å². The highest BCUT2D eigenvalue weighted by atomic mass is 79.9. The number of morpholine rings is 1. The molecule has 0 amide bonds. The number of carbonyl (C=O) groups is 1. The topological polar surface area (TPSA) is 86.5 Å². The molecule has 1 fully saturated rings. The Labute approximate surface area is 112 Å². The Bertz CT molecular complexity index is 515. The molecule has 1 aromatic rings. The van der Waals surface area contributed by atoms with Crippen LogP contribution in [0.25, 0.3) is 0 Å². The normalized spacial score (nSPS) is 19.3. The fourth-order valence-electron chi connectivity index (χ4n) is 1.76. The van der Waals surface area contributed by atoms with Gasteiger partial charge in [-0.25, -0.2) is 9.78 Å². The van der Waals surface area contributed by atoms with Gasteiger partial charge < -0.3 is 14.7 Å². The van der Waals surface area contributed by atoms with Crippen LogP contribution in [0.3, 0.4) is 0 Å². The number of halogens is 1. The number of hydrogen-bond donors (Lipinski definition) is 1. The van der Waals surface area contributed by atoms with Crippen molar-refractivity contribution in [2.75, 3.05) is 24.6 Å². The van der Waals surface area contributed by atoms with Crippen LogP contribution < -0.4 is 4.90 Å². The Morgan fingerprint density at radius 2 is 2.50 bits per heavy atom. The summed E-state index contributed by atoms with van der Waals surface area (Å²) < 4.78 is 5.82. The van der Waals surface area contributed by atoms with E-state index >= 15 is 0 Å². The Morgan fingerprint density at radius 3 is 3.17 bits per heavy atom. The van der Waals surface area contributed by atoms with Gasteiger partial charge in [0.25, 0.3) is 0 Å². The van der Waals surface area contributed by atoms with Crippen molar-refractivity contribution in [3.8, 4) is 6.07 Å². The minimum atomic E-state index is -1.04. The summed E-state index contributed by atoms with van der Waals surface area (Å²) in [4.78, 5) is 17.1. The van der Waals surface area contributed by atoms with E-state index in [4.69, 9.17) is 15.1 Å². The lowest BCUT2D eigenvalue weighted by molar-refractivity contribution is 0.0686. The van der Waals surface area contributed by atoms with Crippen molar-refractivity contribution in [2.45, 2.75) is 6.10 Å². The lowest BCUT2D eigenvalue weighted by atomic mass is 10.2. The van der Waals surface area contributed by atoms with Crippen molar-refractivity contribution in [2.24, 2.45) is 0 Å². The molecule has 0 spiro atoms. The first-order valence-corrected chi connectivity index (χ1v) is 6.06. The number of carboxylic acids is 1. The molecule has 94 valence electrons. The molecule has 1 aliphatic heterocycles. The molecule has 0 saturated carbocycles. The number of nitrogens with zero attached hydrogens (tertiary/aromatic N) is 3. The van der Waals surface area contributed by atoms with E-state index in [1.165, 1.54) is 6.07 Å². The molecule has 7 heteroatoms. The van der Waals surface area contributed by atoms with Crippen LogP contribution in [-0.4, -0.2) is 41.9 Å². The maximum Gasteiger partial charge on any atom is 0.339 e. The van der Waals surface area contributed by atoms with Crippen molar-refractivity contribution < 1.29 is 14.6 Å². The van der Waals surface area contributed by atoms with Gasteiger partial charge in [0, 0.05) is 17.2 Å². The third kappa shape index (κ3) is 2.60. The average molecular weight is 312 g/mol. The van der Waals surface area contributed by atoms with E-state index in [0.29, 0.717) is 30.0 Å². The highest BCUT2D eigenvalue weighted by Gasteiger charge is 2.25. The third-order valence-electron chi connectivity index (χ3n) is 2.57. The van der Waals surface area contributed by atoms with Crippen LogP contribution >= 0.6 is 15.9 Å². The number of aromatic carboxylic acids is 1. The molecule has 1 aliphatic rings. The van der Waals surface area contributed by atoms with E-state index in [0.717, 1.165) is 0 Å². The SMILES string of the molecule is N#CC1CN(c2ncc(Br)cc2C(=O)O)CCO1. The minimum absolute atomic E-state index is 0.114. The molecule has 18 heavy (non-hydrogen) atoms. The number of rotatable bonds is 2. The summed E-state index contributed by atoms with van der Waals surface area (Å²) in [5.41, 5.74) is 0.114. The molecule has 0 bridgehead atoms. The van der Waals surface area contributed by atoms with Gasteiger partial charge in [-0.15, -0.1) is 0 Å². The number of pyridine rings is 1. The fourth-order valence-corrected chi connectivity index (χ4v) is 2.09. The van der Waals surface area contributed by atoms with Crippen LogP contribution in [0, 0.1) is 11.3 Å². The van der Waals surface area contributed by atoms with Crippen LogP contribution in [0.1, 0.15) is 10.4 Å². The van der Waals surface area contributed by atoms with Crippen LogP contribution in [0.4, 0.5) is 5.82 Å². The molecular weight excluding hydrogens is 302 g/mol. The van der Waals surface area contributed by atoms with Crippen LogP contribution in [0.5, 0.6) is 0 Å². The van der Waals surface area contributed by atoms with E-state index in [2.05, 4.69) is 20.9 Å². The second kappa shape index (κ2) is 5.33. The van der Waals surface area contributed by atoms with E-state index < -0.39 is 12.1 Å². The second-order valence-electron chi connectivity index (χ2n) is 3.76. The van der Waals surface area contributed by atoms with Crippen LogP contribution in [0.15, 0.2) is 16.7 Å². The summed E-state index contributed by atoms with van der Waals surface area (Å²) in [5, 5.41) is 18.0. The standard InChI is InChI=1S/C11H10BrN3O3/c12-7-3-9(11(16)17)10(14-5-7)15-1-2-18-8(4-13)6-15/h3,5,8H,1-2,6H2,(H,16,17). The Kier molecular flexibility index (Phi) is 3.79. The van der Waals surface area contributed by atoms with Crippen molar-refractivity contribution in [1.82, 2.24) is 4.98 Å². The zero-order valence-electron chi connectivity index (χ0n) is 9.34. The second-order valence-corrected chi connectivity index (χ2v) is 4.68. The summed E-state index contributed by atoms with van der Waals surface area (Å²) in [7, 11) is 0. The fraction of sp³-hybridized carbons (Fsp3) is 0.364. The lowest BCUT2D eigenvalue weighted by Crippen LogP contribution is -2.42. The molecule has 0 radical (unpaired) electrons. The molecule has 6 nitrogen and oxygen atoms in total. The Hall–Kier alpha value is -1.65.